The Labute approximate surface area is 345 Å². The van der Waals surface area contributed by atoms with Gasteiger partial charge in [-0.3, -0.25) is 19.1 Å². The lowest BCUT2D eigenvalue weighted by Crippen LogP contribution is -2.58. The molecule has 2 heterocycles. The lowest BCUT2D eigenvalue weighted by molar-refractivity contribution is -0.141. The van der Waals surface area contributed by atoms with Gasteiger partial charge in [0, 0.05) is 35.4 Å². The van der Waals surface area contributed by atoms with Crippen LogP contribution in [0.3, 0.4) is 0 Å². The molecule has 0 radical (unpaired) electrons. The fourth-order valence-corrected chi connectivity index (χ4v) is 9.72. The number of alkyl carbamates (subject to hydrolysis) is 1. The fourth-order valence-electron chi connectivity index (χ4n) is 8.36. The molecule has 3 aromatic rings. The summed E-state index contributed by atoms with van der Waals surface area (Å²) >= 11 is 0. The van der Waals surface area contributed by atoms with Gasteiger partial charge in [0.05, 0.1) is 30.1 Å². The zero-order valence-corrected chi connectivity index (χ0v) is 35.0. The van der Waals surface area contributed by atoms with Gasteiger partial charge in [-0.15, -0.1) is 6.58 Å². The molecule has 5 atom stereocenters. The van der Waals surface area contributed by atoms with Crippen LogP contribution in [0.5, 0.6) is 11.5 Å². The van der Waals surface area contributed by atoms with Gasteiger partial charge in [0.15, 0.2) is 0 Å². The maximum absolute atomic E-state index is 14.9. The molecule has 14 nitrogen and oxygen atoms in total. The number of hydrogen-bond acceptors (Lipinski definition) is 10. The SMILES string of the molecule is C=CC1CC1(NC(=O)[C@@H]1C[C@@H](Oc2cc(-c3ccccc3)nc3cc(OC)ccc23)CN1C(=O)[C@H](CC1CCCCC1)NC(=O)OC(C)(C)C)C(=O)NS(=O)(=O)C1CC1. The molecule has 3 saturated carbocycles. The number of nitrogens with one attached hydrogen (secondary N) is 3. The van der Waals surface area contributed by atoms with E-state index < -0.39 is 74.3 Å². The third-order valence-electron chi connectivity index (χ3n) is 11.7. The molecule has 1 saturated heterocycles. The highest BCUT2D eigenvalue weighted by Crippen LogP contribution is 2.46. The van der Waals surface area contributed by atoms with E-state index in [1.54, 1.807) is 33.9 Å². The van der Waals surface area contributed by atoms with E-state index in [1.807, 2.05) is 48.5 Å². The van der Waals surface area contributed by atoms with Gasteiger partial charge < -0.3 is 29.7 Å². The van der Waals surface area contributed by atoms with E-state index in [0.717, 1.165) is 37.7 Å². The zero-order valence-electron chi connectivity index (χ0n) is 34.2. The molecule has 0 spiro atoms. The molecule has 3 aliphatic carbocycles. The Kier molecular flexibility index (Phi) is 12.0. The van der Waals surface area contributed by atoms with E-state index in [1.165, 1.54) is 11.0 Å². The molecule has 1 aromatic heterocycles. The van der Waals surface area contributed by atoms with Gasteiger partial charge in [-0.2, -0.15) is 0 Å². The van der Waals surface area contributed by atoms with Crippen LogP contribution in [-0.2, 0) is 29.1 Å². The number of amides is 4. The van der Waals surface area contributed by atoms with E-state index in [-0.39, 0.29) is 25.3 Å². The summed E-state index contributed by atoms with van der Waals surface area (Å²) in [6, 6.07) is 14.8. The number of rotatable bonds is 14. The number of pyridine rings is 1. The standard InChI is InChI=1S/C44H55N5O9S/c1-6-29-25-44(29,41(52)48-59(54,55)32-18-19-32)47-39(50)37-23-31(26-49(37)40(51)36(21-27-13-9-7-10-14-27)46-42(53)58-43(2,3)4)57-38-24-34(28-15-11-8-12-16-28)45-35-22-30(56-5)17-20-33(35)38/h6,8,11-12,15-17,20,22,24,27,29,31-32,36-37H,1,7,9-10,13-14,18-19,21,23,25-26H2,2-5H3,(H,46,53)(H,47,50)(H,48,52)/t29?,31-,36+,37+,44?/m1/s1. The average molecular weight is 830 g/mol. The molecule has 2 unspecified atom stereocenters. The topological polar surface area (TPSA) is 182 Å². The number of benzene rings is 2. The van der Waals surface area contributed by atoms with Gasteiger partial charge in [-0.05, 0) is 64.5 Å². The van der Waals surface area contributed by atoms with Crippen LogP contribution >= 0.6 is 0 Å². The number of fused-ring (bicyclic) bond motifs is 1. The van der Waals surface area contributed by atoms with Gasteiger partial charge in [-0.25, -0.2) is 18.2 Å². The van der Waals surface area contributed by atoms with Crippen molar-refractivity contribution in [2.45, 2.75) is 120 Å². The van der Waals surface area contributed by atoms with Crippen molar-refractivity contribution in [3.8, 4) is 22.8 Å². The Hall–Kier alpha value is -5.18. The van der Waals surface area contributed by atoms with Crippen molar-refractivity contribution >= 4 is 44.7 Å². The molecular weight excluding hydrogens is 775 g/mol. The van der Waals surface area contributed by atoms with Crippen LogP contribution in [0.25, 0.3) is 22.2 Å². The Morgan fingerprint density at radius 3 is 2.39 bits per heavy atom. The molecule has 4 fully saturated rings. The first-order valence-electron chi connectivity index (χ1n) is 20.6. The van der Waals surface area contributed by atoms with Gasteiger partial charge in [0.25, 0.3) is 5.91 Å². The summed E-state index contributed by atoms with van der Waals surface area (Å²) in [7, 11) is -2.34. The van der Waals surface area contributed by atoms with Crippen molar-refractivity contribution in [2.24, 2.45) is 11.8 Å². The Balaban J connectivity index is 1.22. The van der Waals surface area contributed by atoms with E-state index in [2.05, 4.69) is 21.9 Å². The van der Waals surface area contributed by atoms with Crippen molar-refractivity contribution in [3.05, 3.63) is 67.3 Å². The molecule has 0 bridgehead atoms. The predicted molar refractivity (Wildman–Crippen MR) is 222 cm³/mol. The second-order valence-corrected chi connectivity index (χ2v) is 19.3. The molecule has 15 heteroatoms. The molecule has 59 heavy (non-hydrogen) atoms. The summed E-state index contributed by atoms with van der Waals surface area (Å²) < 4.78 is 45.7. The van der Waals surface area contributed by atoms with E-state index in [9.17, 15) is 27.6 Å². The summed E-state index contributed by atoms with van der Waals surface area (Å²) in [5.74, 6) is -1.22. The summed E-state index contributed by atoms with van der Waals surface area (Å²) in [6.07, 6.45) is 6.48. The molecule has 3 N–H and O–H groups in total. The second-order valence-electron chi connectivity index (χ2n) is 17.4. The summed E-state index contributed by atoms with van der Waals surface area (Å²) in [5, 5.41) is 5.73. The number of sulfonamides is 1. The highest BCUT2D eigenvalue weighted by Gasteiger charge is 2.62. The van der Waals surface area contributed by atoms with Gasteiger partial charge >= 0.3 is 6.09 Å². The molecule has 4 aliphatic rings. The van der Waals surface area contributed by atoms with E-state index in [0.29, 0.717) is 47.4 Å². The van der Waals surface area contributed by atoms with E-state index in [4.69, 9.17) is 19.2 Å². The average Bonchev–Trinajstić information content (AvgIpc) is 4.14. The van der Waals surface area contributed by atoms with Crippen LogP contribution in [0.1, 0.15) is 85.0 Å². The first-order chi connectivity index (χ1) is 28.1. The number of carbonyl (C=O) groups excluding carboxylic acids is 4. The minimum absolute atomic E-state index is 0.0190. The number of methoxy groups -OCH3 is 1. The van der Waals surface area contributed by atoms with Crippen molar-refractivity contribution in [1.29, 1.82) is 0 Å². The third-order valence-corrected chi connectivity index (χ3v) is 13.5. The largest absolute Gasteiger partial charge is 0.497 e. The summed E-state index contributed by atoms with van der Waals surface area (Å²) in [6.45, 7) is 9.02. The van der Waals surface area contributed by atoms with Crippen LogP contribution in [0.15, 0.2) is 67.3 Å². The zero-order chi connectivity index (χ0) is 42.1. The number of ether oxygens (including phenoxy) is 3. The van der Waals surface area contributed by atoms with Crippen LogP contribution in [0.2, 0.25) is 0 Å². The Morgan fingerprint density at radius 2 is 1.75 bits per heavy atom. The number of hydrogen-bond donors (Lipinski definition) is 3. The Bertz CT molecular complexity index is 2200. The Morgan fingerprint density at radius 1 is 1.02 bits per heavy atom. The van der Waals surface area contributed by atoms with Crippen LogP contribution < -0.4 is 24.8 Å². The summed E-state index contributed by atoms with van der Waals surface area (Å²) in [4.78, 5) is 62.7. The van der Waals surface area contributed by atoms with Crippen LogP contribution in [0, 0.1) is 11.8 Å². The number of aromatic nitrogens is 1. The normalized spacial score (nSPS) is 23.8. The molecule has 2 aromatic carbocycles. The third kappa shape index (κ3) is 9.66. The van der Waals surface area contributed by atoms with Gasteiger partial charge in [-0.1, -0.05) is 68.5 Å². The smallest absolute Gasteiger partial charge is 0.408 e. The second kappa shape index (κ2) is 16.8. The van der Waals surface area contributed by atoms with Crippen molar-refractivity contribution in [1.82, 2.24) is 25.2 Å². The maximum Gasteiger partial charge on any atom is 0.408 e. The lowest BCUT2D eigenvalue weighted by atomic mass is 9.84. The predicted octanol–water partition coefficient (Wildman–Crippen LogP) is 5.79. The number of nitrogens with zero attached hydrogens (tertiary/aromatic N) is 2. The highest BCUT2D eigenvalue weighted by molar-refractivity contribution is 7.91. The first-order valence-corrected chi connectivity index (χ1v) is 22.2. The monoisotopic (exact) mass is 829 g/mol. The van der Waals surface area contributed by atoms with Crippen LogP contribution in [-0.4, -0.2) is 90.3 Å². The lowest BCUT2D eigenvalue weighted by Gasteiger charge is -2.32. The number of likely N-dealkylation sites (tertiary alicyclic amines) is 1. The molecule has 1 aliphatic heterocycles. The first kappa shape index (κ1) is 42.0. The van der Waals surface area contributed by atoms with E-state index >= 15 is 0 Å². The number of carbonyl (C=O) groups is 4. The summed E-state index contributed by atoms with van der Waals surface area (Å²) in [5.41, 5.74) is -0.256. The minimum atomic E-state index is -3.91. The molecule has 4 amide bonds. The van der Waals surface area contributed by atoms with Crippen molar-refractivity contribution in [3.63, 3.8) is 0 Å². The highest BCUT2D eigenvalue weighted by atomic mass is 32.2. The minimum Gasteiger partial charge on any atom is -0.497 e. The van der Waals surface area contributed by atoms with Crippen molar-refractivity contribution in [2.75, 3.05) is 13.7 Å². The molecule has 316 valence electrons. The fraction of sp³-hybridized carbons (Fsp3) is 0.523. The van der Waals surface area contributed by atoms with Gasteiger partial charge in [0.1, 0.15) is 40.8 Å². The van der Waals surface area contributed by atoms with Crippen molar-refractivity contribution < 1.29 is 41.8 Å². The quantitative estimate of drug-likeness (QED) is 0.168. The van der Waals surface area contributed by atoms with Crippen LogP contribution in [0.4, 0.5) is 4.79 Å². The molecule has 7 rings (SSSR count). The maximum atomic E-state index is 14.9. The van der Waals surface area contributed by atoms with Gasteiger partial charge in [0.2, 0.25) is 21.8 Å². The molecular formula is C44H55N5O9S.